The van der Waals surface area contributed by atoms with Crippen LogP contribution in [0.15, 0.2) is 18.2 Å². The molecule has 2 N–H and O–H groups in total. The summed E-state index contributed by atoms with van der Waals surface area (Å²) in [6.45, 7) is 0.718. The predicted molar refractivity (Wildman–Crippen MR) is 72.7 cm³/mol. The summed E-state index contributed by atoms with van der Waals surface area (Å²) in [5.41, 5.74) is 7.65. The van der Waals surface area contributed by atoms with Gasteiger partial charge in [0.25, 0.3) is 0 Å². The van der Waals surface area contributed by atoms with E-state index < -0.39 is 0 Å². The van der Waals surface area contributed by atoms with Gasteiger partial charge >= 0.3 is 0 Å². The minimum Gasteiger partial charge on any atom is -0.376 e. The Kier molecular flexibility index (Phi) is 2.72. The topological polar surface area (TPSA) is 53.1 Å². The minimum absolute atomic E-state index is 0.0963. The van der Waals surface area contributed by atoms with E-state index in [2.05, 4.69) is 4.98 Å². The van der Waals surface area contributed by atoms with Crippen molar-refractivity contribution in [2.75, 3.05) is 12.8 Å². The molecule has 1 aliphatic rings. The molecule has 0 bridgehead atoms. The van der Waals surface area contributed by atoms with Gasteiger partial charge in [0.05, 0.1) is 28.2 Å². The zero-order valence-electron chi connectivity index (χ0n) is 10.3. The molecule has 0 radical (unpaired) electrons. The lowest BCUT2D eigenvalue weighted by Crippen LogP contribution is -2.43. The number of benzene rings is 1. The van der Waals surface area contributed by atoms with E-state index in [0.29, 0.717) is 11.0 Å². The number of nitrogens with zero attached hydrogens (tertiary/aromatic N) is 2. The van der Waals surface area contributed by atoms with Gasteiger partial charge in [0.2, 0.25) is 5.95 Å². The lowest BCUT2D eigenvalue weighted by Gasteiger charge is -2.41. The van der Waals surface area contributed by atoms with Crippen molar-refractivity contribution in [3.63, 3.8) is 0 Å². The van der Waals surface area contributed by atoms with E-state index >= 15 is 0 Å². The Labute approximate surface area is 111 Å². The number of hydrogen-bond donors (Lipinski definition) is 1. The van der Waals surface area contributed by atoms with Crippen LogP contribution < -0.4 is 5.73 Å². The van der Waals surface area contributed by atoms with Crippen LogP contribution in [0, 0.1) is 0 Å². The fourth-order valence-corrected chi connectivity index (χ4v) is 2.88. The number of nitrogens with two attached hydrogens (primary N) is 1. The van der Waals surface area contributed by atoms with Crippen LogP contribution >= 0.6 is 11.6 Å². The number of nitrogen functional groups attached to an aromatic ring is 1. The van der Waals surface area contributed by atoms with E-state index in [1.54, 1.807) is 7.11 Å². The van der Waals surface area contributed by atoms with Gasteiger partial charge in [-0.25, -0.2) is 4.98 Å². The molecule has 4 nitrogen and oxygen atoms in total. The second-order valence-electron chi connectivity index (χ2n) is 4.90. The molecule has 5 heteroatoms. The van der Waals surface area contributed by atoms with Crippen LogP contribution in [0.3, 0.4) is 0 Å². The monoisotopic (exact) mass is 265 g/mol. The number of imidazole rings is 1. The maximum atomic E-state index is 6.25. The highest BCUT2D eigenvalue weighted by Gasteiger charge is 2.38. The smallest absolute Gasteiger partial charge is 0.201 e. The number of methoxy groups -OCH3 is 1. The third-order valence-corrected chi connectivity index (χ3v) is 4.20. The third kappa shape index (κ3) is 1.68. The van der Waals surface area contributed by atoms with Crippen LogP contribution in [0.1, 0.15) is 19.3 Å². The molecule has 0 spiro atoms. The van der Waals surface area contributed by atoms with Crippen molar-refractivity contribution in [1.29, 1.82) is 0 Å². The summed E-state index contributed by atoms with van der Waals surface area (Å²) < 4.78 is 7.62. The van der Waals surface area contributed by atoms with Gasteiger partial charge in [0, 0.05) is 7.11 Å². The van der Waals surface area contributed by atoms with Crippen LogP contribution in [0.5, 0.6) is 0 Å². The van der Waals surface area contributed by atoms with Crippen molar-refractivity contribution in [2.24, 2.45) is 0 Å². The molecule has 18 heavy (non-hydrogen) atoms. The van der Waals surface area contributed by atoms with Crippen LogP contribution in [-0.2, 0) is 11.3 Å². The lowest BCUT2D eigenvalue weighted by molar-refractivity contribution is -0.0824. The Morgan fingerprint density at radius 3 is 2.89 bits per heavy atom. The highest BCUT2D eigenvalue weighted by atomic mass is 35.5. The van der Waals surface area contributed by atoms with Crippen molar-refractivity contribution in [1.82, 2.24) is 9.55 Å². The first-order valence-corrected chi connectivity index (χ1v) is 6.48. The summed E-state index contributed by atoms with van der Waals surface area (Å²) in [5.74, 6) is 0.501. The molecule has 3 rings (SSSR count). The molecule has 1 heterocycles. The van der Waals surface area contributed by atoms with Crippen LogP contribution in [-0.4, -0.2) is 22.3 Å². The van der Waals surface area contributed by atoms with Gasteiger partial charge in [-0.3, -0.25) is 0 Å². The summed E-state index contributed by atoms with van der Waals surface area (Å²) in [4.78, 5) is 4.35. The first kappa shape index (κ1) is 11.8. The normalized spacial score (nSPS) is 17.9. The number of rotatable bonds is 3. The summed E-state index contributed by atoms with van der Waals surface area (Å²) in [5, 5.41) is 0.683. The van der Waals surface area contributed by atoms with E-state index in [1.165, 1.54) is 6.42 Å². The van der Waals surface area contributed by atoms with Crippen molar-refractivity contribution in [3.8, 4) is 0 Å². The van der Waals surface area contributed by atoms with Crippen molar-refractivity contribution in [3.05, 3.63) is 23.2 Å². The molecule has 0 saturated heterocycles. The van der Waals surface area contributed by atoms with E-state index in [9.17, 15) is 0 Å². The lowest BCUT2D eigenvalue weighted by atomic mass is 9.80. The van der Waals surface area contributed by atoms with Gasteiger partial charge < -0.3 is 15.0 Å². The first-order valence-electron chi connectivity index (χ1n) is 6.11. The largest absolute Gasteiger partial charge is 0.376 e. The van der Waals surface area contributed by atoms with Gasteiger partial charge in [0.1, 0.15) is 0 Å². The number of fused-ring (bicyclic) bond motifs is 1. The quantitative estimate of drug-likeness (QED) is 0.928. The van der Waals surface area contributed by atoms with E-state index in [1.807, 2.05) is 22.8 Å². The molecule has 1 fully saturated rings. The predicted octanol–water partition coefficient (Wildman–Crippen LogP) is 2.84. The molecule has 1 saturated carbocycles. The molecule has 1 aromatic heterocycles. The Balaban J connectivity index is 2.08. The highest BCUT2D eigenvalue weighted by molar-refractivity contribution is 6.35. The van der Waals surface area contributed by atoms with Gasteiger partial charge in [-0.2, -0.15) is 0 Å². The molecule has 0 amide bonds. The van der Waals surface area contributed by atoms with E-state index in [-0.39, 0.29) is 5.60 Å². The molecule has 1 aromatic carbocycles. The van der Waals surface area contributed by atoms with Gasteiger partial charge in [-0.1, -0.05) is 17.7 Å². The Morgan fingerprint density at radius 2 is 2.28 bits per heavy atom. The summed E-state index contributed by atoms with van der Waals surface area (Å²) in [7, 11) is 1.76. The molecular formula is C13H16ClN3O. The first-order chi connectivity index (χ1) is 8.65. The summed E-state index contributed by atoms with van der Waals surface area (Å²) in [6, 6.07) is 5.67. The third-order valence-electron chi connectivity index (χ3n) is 3.89. The minimum atomic E-state index is -0.0963. The zero-order chi connectivity index (χ0) is 12.8. The molecular weight excluding hydrogens is 250 g/mol. The van der Waals surface area contributed by atoms with Gasteiger partial charge in [-0.15, -0.1) is 0 Å². The van der Waals surface area contributed by atoms with E-state index in [0.717, 1.165) is 30.4 Å². The summed E-state index contributed by atoms with van der Waals surface area (Å²) >= 11 is 6.25. The second-order valence-corrected chi connectivity index (χ2v) is 5.31. The van der Waals surface area contributed by atoms with Crippen LogP contribution in [0.25, 0.3) is 11.0 Å². The van der Waals surface area contributed by atoms with Crippen molar-refractivity contribution >= 4 is 28.6 Å². The van der Waals surface area contributed by atoms with Gasteiger partial charge in [0.15, 0.2) is 0 Å². The average Bonchev–Trinajstić information content (AvgIpc) is 2.61. The van der Waals surface area contributed by atoms with Crippen LogP contribution in [0.4, 0.5) is 5.95 Å². The van der Waals surface area contributed by atoms with Gasteiger partial charge in [-0.05, 0) is 31.4 Å². The number of anilines is 1. The zero-order valence-corrected chi connectivity index (χ0v) is 11.1. The summed E-state index contributed by atoms with van der Waals surface area (Å²) in [6.07, 6.45) is 3.33. The number of aromatic nitrogens is 2. The standard InChI is InChI=1S/C13H16ClN3O/c1-18-13(6-3-7-13)8-17-11-9(14)4-2-5-10(11)16-12(17)15/h2,4-5H,3,6-8H2,1H3,(H2,15,16). The molecule has 2 aromatic rings. The fourth-order valence-electron chi connectivity index (χ4n) is 2.61. The molecule has 0 atom stereocenters. The number of ether oxygens (including phenoxy) is 1. The molecule has 0 aliphatic heterocycles. The number of para-hydroxylation sites is 1. The Hall–Kier alpha value is -1.26. The Bertz CT molecular complexity index is 584. The average molecular weight is 266 g/mol. The van der Waals surface area contributed by atoms with Crippen LogP contribution in [0.2, 0.25) is 5.02 Å². The SMILES string of the molecule is COC1(Cn2c(N)nc3cccc(Cl)c32)CCC1. The number of halogens is 1. The Morgan fingerprint density at radius 1 is 1.50 bits per heavy atom. The molecule has 96 valence electrons. The number of hydrogen-bond acceptors (Lipinski definition) is 3. The van der Waals surface area contributed by atoms with Crippen molar-refractivity contribution < 1.29 is 4.74 Å². The maximum Gasteiger partial charge on any atom is 0.201 e. The molecule has 0 unspecified atom stereocenters. The van der Waals surface area contributed by atoms with Crippen molar-refractivity contribution in [2.45, 2.75) is 31.4 Å². The molecule has 1 aliphatic carbocycles. The highest BCUT2D eigenvalue weighted by Crippen LogP contribution is 2.38. The maximum absolute atomic E-state index is 6.25. The van der Waals surface area contributed by atoms with E-state index in [4.69, 9.17) is 22.1 Å². The fraction of sp³-hybridized carbons (Fsp3) is 0.462. The second kappa shape index (κ2) is 4.14.